The van der Waals surface area contributed by atoms with Gasteiger partial charge < -0.3 is 14.6 Å². The fourth-order valence-electron chi connectivity index (χ4n) is 0.468. The first-order valence-corrected chi connectivity index (χ1v) is 4.38. The highest BCUT2D eigenvalue weighted by Crippen LogP contribution is 1.87. The number of carboxylic acid groups (broad SMARTS) is 1. The Bertz CT molecular complexity index is 221. The molecule has 0 aliphatic rings. The number of ether oxygens (including phenoxy) is 2. The Morgan fingerprint density at radius 2 is 1.73 bits per heavy atom. The fraction of sp³-hybridized carbons (Fsp3) is 0.667. The summed E-state index contributed by atoms with van der Waals surface area (Å²) >= 11 is 0. The van der Waals surface area contributed by atoms with E-state index in [2.05, 4.69) is 9.47 Å². The number of rotatable bonds is 2. The van der Waals surface area contributed by atoms with Gasteiger partial charge in [0.25, 0.3) is 0 Å². The van der Waals surface area contributed by atoms with Crippen LogP contribution >= 0.6 is 0 Å². The average molecular weight is 220 g/mol. The van der Waals surface area contributed by atoms with Crippen LogP contribution in [0, 0.1) is 0 Å². The summed E-state index contributed by atoms with van der Waals surface area (Å²) < 4.78 is 8.68. The van der Waals surface area contributed by atoms with Gasteiger partial charge in [-0.1, -0.05) is 0 Å². The maximum atomic E-state index is 10.1. The van der Waals surface area contributed by atoms with E-state index in [0.717, 1.165) is 0 Å². The quantitative estimate of drug-likeness (QED) is 0.541. The predicted molar refractivity (Wildman–Crippen MR) is 51.2 cm³/mol. The molecule has 6 nitrogen and oxygen atoms in total. The lowest BCUT2D eigenvalue weighted by Gasteiger charge is -2.02. The van der Waals surface area contributed by atoms with E-state index in [0.29, 0.717) is 6.61 Å². The second kappa shape index (κ2) is 8.98. The molecule has 0 aliphatic carbocycles. The van der Waals surface area contributed by atoms with E-state index < -0.39 is 11.9 Å². The summed E-state index contributed by atoms with van der Waals surface area (Å²) in [4.78, 5) is 29.7. The second-order valence-corrected chi connectivity index (χ2v) is 2.68. The van der Waals surface area contributed by atoms with Crippen LogP contribution in [0.4, 0.5) is 0 Å². The van der Waals surface area contributed by atoms with Crippen LogP contribution < -0.4 is 0 Å². The van der Waals surface area contributed by atoms with Crippen molar-refractivity contribution in [3.05, 3.63) is 0 Å². The van der Waals surface area contributed by atoms with Crippen molar-refractivity contribution in [2.75, 3.05) is 6.61 Å². The topological polar surface area (TPSA) is 89.9 Å². The average Bonchev–Trinajstić information content (AvgIpc) is 2.03. The molecular weight excluding hydrogens is 204 g/mol. The first-order chi connectivity index (χ1) is 6.81. The minimum atomic E-state index is -1.55. The smallest absolute Gasteiger partial charge is 0.417 e. The molecule has 1 N–H and O–H groups in total. The van der Waals surface area contributed by atoms with Crippen molar-refractivity contribution in [2.24, 2.45) is 0 Å². The lowest BCUT2D eigenvalue weighted by Crippen LogP contribution is -2.19. The zero-order valence-corrected chi connectivity index (χ0v) is 9.27. The minimum absolute atomic E-state index is 0.211. The van der Waals surface area contributed by atoms with E-state index in [-0.39, 0.29) is 12.1 Å². The Kier molecular flexibility index (Phi) is 9.50. The van der Waals surface area contributed by atoms with Crippen molar-refractivity contribution < 1.29 is 29.0 Å². The first kappa shape index (κ1) is 15.9. The zero-order chi connectivity index (χ0) is 12.4. The molecule has 15 heavy (non-hydrogen) atoms. The number of hydrogen-bond acceptors (Lipinski definition) is 5. The van der Waals surface area contributed by atoms with Gasteiger partial charge in [-0.25, -0.2) is 9.59 Å². The third-order valence-corrected chi connectivity index (χ3v) is 0.865. The standard InChI is InChI=1S/C5H8O4.C4H8O2/c1-3(2)9-5(8)4(6)7;1-3-6-4(2)5/h3H,1-2H3,(H,6,7);3H2,1-2H3. The fourth-order valence-corrected chi connectivity index (χ4v) is 0.468. The van der Waals surface area contributed by atoms with Gasteiger partial charge in [0, 0.05) is 6.92 Å². The van der Waals surface area contributed by atoms with E-state index in [1.165, 1.54) is 6.92 Å². The van der Waals surface area contributed by atoms with Crippen molar-refractivity contribution in [1.29, 1.82) is 0 Å². The van der Waals surface area contributed by atoms with Crippen molar-refractivity contribution >= 4 is 17.9 Å². The summed E-state index contributed by atoms with van der Waals surface area (Å²) in [6, 6.07) is 0. The molecule has 0 heterocycles. The monoisotopic (exact) mass is 220 g/mol. The number of esters is 2. The highest BCUT2D eigenvalue weighted by molar-refractivity contribution is 6.28. The van der Waals surface area contributed by atoms with Gasteiger partial charge in [0.05, 0.1) is 12.7 Å². The molecule has 0 bridgehead atoms. The Morgan fingerprint density at radius 3 is 1.80 bits per heavy atom. The van der Waals surface area contributed by atoms with Crippen LogP contribution in [0.25, 0.3) is 0 Å². The summed E-state index contributed by atoms with van der Waals surface area (Å²) in [7, 11) is 0. The predicted octanol–water partition coefficient (Wildman–Crippen LogP) is 0.592. The van der Waals surface area contributed by atoms with Crippen LogP contribution in [0.15, 0.2) is 0 Å². The molecule has 6 heteroatoms. The maximum absolute atomic E-state index is 10.1. The van der Waals surface area contributed by atoms with Gasteiger partial charge in [0.15, 0.2) is 0 Å². The molecule has 0 aromatic carbocycles. The van der Waals surface area contributed by atoms with Crippen LogP contribution in [0.1, 0.15) is 27.7 Å². The minimum Gasteiger partial charge on any atom is -0.473 e. The molecule has 0 rings (SSSR count). The Labute approximate surface area is 88.2 Å². The highest BCUT2D eigenvalue weighted by atomic mass is 16.6. The summed E-state index contributed by atoms with van der Waals surface area (Å²) in [6.07, 6.45) is -0.367. The molecule has 0 aliphatic heterocycles. The van der Waals surface area contributed by atoms with E-state index in [1.807, 2.05) is 0 Å². The molecule has 0 saturated carbocycles. The molecule has 0 atom stereocenters. The van der Waals surface area contributed by atoms with Crippen LogP contribution in [-0.2, 0) is 23.9 Å². The molecular formula is C9H16O6. The molecule has 88 valence electrons. The third-order valence-electron chi connectivity index (χ3n) is 0.865. The van der Waals surface area contributed by atoms with Gasteiger partial charge in [-0.15, -0.1) is 0 Å². The summed E-state index contributed by atoms with van der Waals surface area (Å²) in [5, 5.41) is 7.96. The van der Waals surface area contributed by atoms with Gasteiger partial charge in [-0.05, 0) is 20.8 Å². The molecule has 0 amide bonds. The molecule has 0 unspecified atom stereocenters. The van der Waals surface area contributed by atoms with Gasteiger partial charge in [0.1, 0.15) is 0 Å². The highest BCUT2D eigenvalue weighted by Gasteiger charge is 2.13. The summed E-state index contributed by atoms with van der Waals surface area (Å²) in [6.45, 7) is 6.82. The molecule has 0 saturated heterocycles. The number of carbonyl (C=O) groups excluding carboxylic acids is 2. The van der Waals surface area contributed by atoms with Crippen LogP contribution in [0.5, 0.6) is 0 Å². The van der Waals surface area contributed by atoms with Crippen molar-refractivity contribution in [1.82, 2.24) is 0 Å². The van der Waals surface area contributed by atoms with Gasteiger partial charge in [-0.2, -0.15) is 0 Å². The first-order valence-electron chi connectivity index (χ1n) is 4.38. The SMILES string of the molecule is CC(C)OC(=O)C(=O)O.CCOC(C)=O. The van der Waals surface area contributed by atoms with E-state index in [9.17, 15) is 14.4 Å². The second-order valence-electron chi connectivity index (χ2n) is 2.68. The van der Waals surface area contributed by atoms with Gasteiger partial charge in [-0.3, -0.25) is 4.79 Å². The zero-order valence-electron chi connectivity index (χ0n) is 9.27. The molecule has 0 fully saturated rings. The maximum Gasteiger partial charge on any atom is 0.417 e. The number of carbonyl (C=O) groups is 3. The van der Waals surface area contributed by atoms with E-state index in [1.54, 1.807) is 20.8 Å². The van der Waals surface area contributed by atoms with Crippen molar-refractivity contribution in [2.45, 2.75) is 33.8 Å². The summed E-state index contributed by atoms with van der Waals surface area (Å²) in [5.41, 5.74) is 0. The van der Waals surface area contributed by atoms with Crippen LogP contribution in [-0.4, -0.2) is 35.7 Å². The lowest BCUT2D eigenvalue weighted by molar-refractivity contribution is -0.166. The lowest BCUT2D eigenvalue weighted by atomic mass is 10.5. The van der Waals surface area contributed by atoms with Crippen LogP contribution in [0.3, 0.4) is 0 Å². The molecule has 0 radical (unpaired) electrons. The van der Waals surface area contributed by atoms with E-state index >= 15 is 0 Å². The van der Waals surface area contributed by atoms with Crippen LogP contribution in [0.2, 0.25) is 0 Å². The van der Waals surface area contributed by atoms with E-state index in [4.69, 9.17) is 5.11 Å². The van der Waals surface area contributed by atoms with Crippen molar-refractivity contribution in [3.8, 4) is 0 Å². The third kappa shape index (κ3) is 15.2. The molecule has 0 spiro atoms. The normalized spacial score (nSPS) is 8.60. The molecule has 0 aromatic heterocycles. The van der Waals surface area contributed by atoms with Crippen molar-refractivity contribution in [3.63, 3.8) is 0 Å². The number of hydrogen-bond donors (Lipinski definition) is 1. The Balaban J connectivity index is 0. The largest absolute Gasteiger partial charge is 0.473 e. The Morgan fingerprint density at radius 1 is 1.27 bits per heavy atom. The molecule has 0 aromatic rings. The Hall–Kier alpha value is -1.59. The van der Waals surface area contributed by atoms with Gasteiger partial charge in [0.2, 0.25) is 0 Å². The summed E-state index contributed by atoms with van der Waals surface area (Å²) in [5.74, 6) is -2.97. The van der Waals surface area contributed by atoms with Gasteiger partial charge >= 0.3 is 17.9 Å². The number of aliphatic carboxylic acids is 1. The number of carboxylic acids is 1.